The molecule has 11 aromatic rings. The van der Waals surface area contributed by atoms with Crippen molar-refractivity contribution < 1.29 is 38.4 Å². The second-order valence-corrected chi connectivity index (χ2v) is 40.1. The first-order valence-electron chi connectivity index (χ1n) is 47.0. The molecule has 16 atom stereocenters. The van der Waals surface area contributed by atoms with Crippen LogP contribution in [0.3, 0.4) is 0 Å². The Labute approximate surface area is 888 Å². The zero-order chi connectivity index (χ0) is 98.1. The van der Waals surface area contributed by atoms with Crippen molar-refractivity contribution in [1.29, 1.82) is 0 Å². The van der Waals surface area contributed by atoms with Crippen LogP contribution in [0.25, 0.3) is 89.7 Å². The van der Waals surface area contributed by atoms with Gasteiger partial charge in [0.1, 0.15) is 46.0 Å². The molecule has 3 aromatic heterocycles. The fourth-order valence-electron chi connectivity index (χ4n) is 24.1. The SMILES string of the molecule is [B][10B]C1[10B]([B])C1([10B][B])Cc1cc(CC2([10B][B])[10B]([B])C2[10B][B])cc(Oc2cccc3c2-c2nc-3nc3[n-]c(nc4nc(nc5[n-]c(n2)c2cccc(Oc6cc(CC7([10B][B])[10B]([B])C7[10B][B])cc(CC7([10B][B])[10B]([B])C7[10B][B])c6)c52)-c2c(Oc5cc(CC6([10B][B])[10B]([B])C6[10B][B])cc(CC6([10B][B])[10B]([B])C6[10B][B])c5)cccc2-4)c2cccc(Oc4cc(CC5([10B][B])[10B]([B])C5[10B][B])cc(CC5([10B][B])[10B]([B])C5[10B][B])c4)c32)c1.[Zn+2]. The summed E-state index contributed by atoms with van der Waals surface area (Å²) >= 11 is 0. The number of rotatable bonds is 40. The summed E-state index contributed by atoms with van der Waals surface area (Å²) in [5.41, 5.74) is 7.36. The van der Waals surface area contributed by atoms with Crippen LogP contribution in [-0.2, 0) is 70.8 Å². The predicted molar refractivity (Wildman–Crippen MR) is 617 cm³/mol. The van der Waals surface area contributed by atoms with E-state index in [1.165, 1.54) is 0 Å². The van der Waals surface area contributed by atoms with E-state index in [-0.39, 0.29) is 164 Å². The molecule has 141 heavy (non-hydrogen) atoms. The molecule has 64 radical (unpaired) electrons. The van der Waals surface area contributed by atoms with Crippen molar-refractivity contribution in [3.8, 4) is 91.5 Å². The Morgan fingerprint density at radius 3 is 0.667 bits per heavy atom. The smallest absolute Gasteiger partial charge is 0.457 e. The van der Waals surface area contributed by atoms with E-state index >= 15 is 0 Å². The summed E-state index contributed by atoms with van der Waals surface area (Å²) in [6, 6.07) is 46.3. The van der Waals surface area contributed by atoms with Gasteiger partial charge in [0.25, 0.3) is 0 Å². The molecule has 0 saturated carbocycles. The van der Waals surface area contributed by atoms with Gasteiger partial charge in [-0.25, -0.2) is 9.97 Å². The molecular weight excluding hydrogens is 1700 g/mol. The average molecular weight is 1750 g/mol. The van der Waals surface area contributed by atoms with Gasteiger partial charge in [-0.2, -0.15) is 0 Å². The molecule has 8 saturated heterocycles. The quantitative estimate of drug-likeness (QED) is 0.0472. The van der Waals surface area contributed by atoms with E-state index in [4.69, 9.17) is 245 Å². The summed E-state index contributed by atoms with van der Waals surface area (Å²) < 4.78 is 29.5. The third kappa shape index (κ3) is 17.1. The van der Waals surface area contributed by atoms with Crippen LogP contribution in [0, 0.1) is 0 Å². The number of fused-ring (bicyclic) bond motifs is 20. The van der Waals surface area contributed by atoms with Crippen molar-refractivity contribution in [2.24, 2.45) is 0 Å². The van der Waals surface area contributed by atoms with Gasteiger partial charge in [-0.3, -0.25) is 0 Å². The monoisotopic (exact) mass is 1750 g/mol. The number of ether oxygens (including phenoxy) is 4. The van der Waals surface area contributed by atoms with Crippen molar-refractivity contribution in [3.05, 3.63) is 190 Å². The van der Waals surface area contributed by atoms with Crippen molar-refractivity contribution in [2.45, 2.75) is 139 Å². The molecular formula is C80H48B48N8O4Zn. The molecule has 0 N–H and O–H groups in total. The minimum Gasteiger partial charge on any atom is -0.457 e. The van der Waals surface area contributed by atoms with Crippen LogP contribution in [0.2, 0.25) is 87.4 Å². The second-order valence-electron chi connectivity index (χ2n) is 40.1. The van der Waals surface area contributed by atoms with E-state index in [1.807, 2.05) is 121 Å². The maximum absolute atomic E-state index is 7.40. The standard InChI is InChI=1S/C80H48B48N8O4.Zn/c81-105-65-73(113-89,121(65)97)25-33-13-34(26-74(114-90)66(106-82)122(74)98)18-41(17-33)137-49-9-1-5-45-53(49)61-130-57(45)129-58-46-6-2-11-51(139-43-21-37(29-77(117-93)69(109-85)125(77)101)15-38(22-43)30-78(118-94)70(110-86)126(78)102)55(46)63(131-58)136-64-56-48(8-4-12-52(56)140-44-23-39(31-79(119-95)71(111-87)127(79)103)16-40(24-44)32-80(120-96)72(112-88)128(80)104)60(135-64)134-62-54-47(59(132-61)133-62)7-3-10-50(54)138-42-19-35(27-75(115-91)67(107-83)123(75)99)14-36(20-42)28-76(116-92)68(108-84)124(76)100;/h1-24,65-72H,25-32H2;/q-2;+2/i105-1,106-1,107-1,108-1,109-1,110-1,111-1,112-1,113-1,114-1,115-1,116-1,117-1,118-1,119-1,120-1,121-1,122-1,123-1,124-1,125-1,126-1,127-1,128-1;. The van der Waals surface area contributed by atoms with Crippen molar-refractivity contribution in [3.63, 3.8) is 0 Å². The molecule has 12 nitrogen and oxygen atoms in total. The third-order valence-corrected chi connectivity index (χ3v) is 33.0. The van der Waals surface area contributed by atoms with Crippen LogP contribution in [0.15, 0.2) is 146 Å². The van der Waals surface area contributed by atoms with E-state index in [9.17, 15) is 0 Å². The normalized spacial score (nSPS) is 27.1. The second kappa shape index (κ2) is 39.2. The minimum absolute atomic E-state index is 0. The molecule has 10 aliphatic rings. The Bertz CT molecular complexity index is 6730. The molecule has 0 amide bonds. The van der Waals surface area contributed by atoms with Crippen LogP contribution >= 0.6 is 0 Å². The number of hydrogen-bond donors (Lipinski definition) is 0. The topological polar surface area (TPSA) is 142 Å². The zero-order valence-corrected chi connectivity index (χ0v) is 80.7. The Morgan fingerprint density at radius 1 is 0.248 bits per heavy atom. The Balaban J connectivity index is 0.0000122. The van der Waals surface area contributed by atoms with Crippen molar-refractivity contribution >= 4 is 397 Å². The molecule has 8 bridgehead atoms. The number of nitrogens with zero attached hydrogens (tertiary/aromatic N) is 8. The van der Waals surface area contributed by atoms with Gasteiger partial charge in [0.2, 0.25) is 0 Å². The number of aromatic nitrogens is 8. The van der Waals surface area contributed by atoms with E-state index in [1.54, 1.807) is 115 Å². The fourth-order valence-corrected chi connectivity index (χ4v) is 24.1. The van der Waals surface area contributed by atoms with E-state index in [2.05, 4.69) is 24.3 Å². The van der Waals surface area contributed by atoms with Crippen molar-refractivity contribution in [1.82, 2.24) is 39.9 Å². The first-order chi connectivity index (χ1) is 67.6. The molecule has 16 unspecified atom stereocenters. The summed E-state index contributed by atoms with van der Waals surface area (Å²) in [4.78, 5) is 44.4. The molecule has 8 fully saturated rings. The first-order valence-corrected chi connectivity index (χ1v) is 47.0. The molecule has 21 rings (SSSR count). The van der Waals surface area contributed by atoms with Crippen molar-refractivity contribution in [2.75, 3.05) is 0 Å². The van der Waals surface area contributed by atoms with Gasteiger partial charge in [-0.1, -0.05) is 72.8 Å². The molecule has 0 spiro atoms. The van der Waals surface area contributed by atoms with Crippen LogP contribution in [0.4, 0.5) is 0 Å². The molecule has 13 heterocycles. The Hall–Kier alpha value is -5.94. The molecule has 578 valence electrons. The van der Waals surface area contributed by atoms with Gasteiger partial charge in [0, 0.05) is 288 Å². The van der Waals surface area contributed by atoms with Crippen LogP contribution in [0.5, 0.6) is 46.0 Å². The van der Waals surface area contributed by atoms with Crippen LogP contribution in [-0.4, -0.2) is 383 Å². The maximum atomic E-state index is 7.40. The Kier molecular flexibility index (Phi) is 28.4. The summed E-state index contributed by atoms with van der Waals surface area (Å²) in [7, 11) is 183. The van der Waals surface area contributed by atoms with Gasteiger partial charge in [-0.05, 0) is 179 Å². The third-order valence-electron chi connectivity index (χ3n) is 33.0. The van der Waals surface area contributed by atoms with Gasteiger partial charge in [0.15, 0.2) is 0 Å². The van der Waals surface area contributed by atoms with E-state index < -0.39 is 41.7 Å². The summed E-state index contributed by atoms with van der Waals surface area (Å²) in [6.45, 7) is -2.88. The van der Waals surface area contributed by atoms with Crippen LogP contribution in [0.1, 0.15) is 44.5 Å². The van der Waals surface area contributed by atoms with E-state index in [0.29, 0.717) is 141 Å². The van der Waals surface area contributed by atoms with Gasteiger partial charge in [0.05, 0.1) is 145 Å². The van der Waals surface area contributed by atoms with E-state index in [0.717, 1.165) is 44.5 Å². The summed E-state index contributed by atoms with van der Waals surface area (Å²) in [5.74, 6) is 3.49. The first kappa shape index (κ1) is 102. The van der Waals surface area contributed by atoms with Crippen LogP contribution < -0.4 is 28.9 Å². The number of benzene rings is 8. The average Bonchev–Trinajstić information content (AvgIpc) is 1.57. The van der Waals surface area contributed by atoms with Gasteiger partial charge >= 0.3 is 19.5 Å². The summed E-state index contributed by atoms with van der Waals surface area (Å²) in [6.07, 6.45) is 3.17. The van der Waals surface area contributed by atoms with Gasteiger partial charge in [-0.15, -0.1) is 87.4 Å². The molecule has 0 aliphatic carbocycles. The predicted octanol–water partition coefficient (Wildman–Crippen LogP) is -0.169. The summed E-state index contributed by atoms with van der Waals surface area (Å²) in [5, 5.41) is -3.64. The van der Waals surface area contributed by atoms with Gasteiger partial charge < -0.3 is 48.9 Å². The largest absolute Gasteiger partial charge is 2.00 e. The zero-order valence-electron chi connectivity index (χ0n) is 77.8. The Morgan fingerprint density at radius 2 is 0.447 bits per heavy atom. The molecule has 10 aliphatic heterocycles. The maximum Gasteiger partial charge on any atom is 2.00 e. The fraction of sp³-hybridized carbons (Fsp3) is 0.300. The minimum atomic E-state index is -0.682. The molecule has 61 heteroatoms. The molecule has 8 aromatic carbocycles. The number of hydrogen-bond acceptors (Lipinski definition) is 10.